The molecular formula is C30H61NO4. The molecule has 0 aromatic rings. The quantitative estimate of drug-likeness (QED) is 0.0900. The van der Waals surface area contributed by atoms with Crippen molar-refractivity contribution < 1.29 is 20.1 Å². The van der Waals surface area contributed by atoms with Gasteiger partial charge in [0.1, 0.15) is 6.10 Å². The molecule has 210 valence electrons. The zero-order valence-electron chi connectivity index (χ0n) is 23.5. The molecule has 3 atom stereocenters. The number of unbranched alkanes of at least 4 members (excludes halogenated alkanes) is 19. The number of hydrogen-bond acceptors (Lipinski definition) is 4. The largest absolute Gasteiger partial charge is 0.394 e. The van der Waals surface area contributed by atoms with Gasteiger partial charge in [0.05, 0.1) is 18.8 Å². The first-order valence-electron chi connectivity index (χ1n) is 15.3. The third kappa shape index (κ3) is 22.3. The molecule has 0 aliphatic carbocycles. The molecule has 0 saturated heterocycles. The minimum Gasteiger partial charge on any atom is -0.394 e. The molecule has 0 saturated carbocycles. The van der Waals surface area contributed by atoms with E-state index in [9.17, 15) is 20.1 Å². The molecule has 4 N–H and O–H groups in total. The first-order chi connectivity index (χ1) is 17.1. The van der Waals surface area contributed by atoms with Crippen LogP contribution in [-0.2, 0) is 4.79 Å². The van der Waals surface area contributed by atoms with E-state index in [1.165, 1.54) is 96.3 Å². The fourth-order valence-corrected chi connectivity index (χ4v) is 4.75. The van der Waals surface area contributed by atoms with E-state index in [0.29, 0.717) is 12.8 Å². The Morgan fingerprint density at radius 3 is 1.37 bits per heavy atom. The smallest absolute Gasteiger partial charge is 0.220 e. The van der Waals surface area contributed by atoms with Crippen molar-refractivity contribution in [2.45, 2.75) is 180 Å². The molecule has 0 fully saturated rings. The fraction of sp³-hybridized carbons (Fsp3) is 0.967. The summed E-state index contributed by atoms with van der Waals surface area (Å²) in [5.74, 6) is -0.149. The van der Waals surface area contributed by atoms with Crippen molar-refractivity contribution in [1.82, 2.24) is 5.32 Å². The molecule has 0 spiro atoms. The first-order valence-corrected chi connectivity index (χ1v) is 15.3. The molecule has 5 nitrogen and oxygen atoms in total. The Balaban J connectivity index is 3.75. The van der Waals surface area contributed by atoms with Crippen molar-refractivity contribution in [3.8, 4) is 0 Å². The number of nitrogens with one attached hydrogen (secondary N) is 1. The highest BCUT2D eigenvalue weighted by Crippen LogP contribution is 2.15. The highest BCUT2D eigenvalue weighted by molar-refractivity contribution is 5.76. The van der Waals surface area contributed by atoms with Gasteiger partial charge in [-0.25, -0.2) is 0 Å². The van der Waals surface area contributed by atoms with Crippen LogP contribution in [0.4, 0.5) is 0 Å². The minimum absolute atomic E-state index is 0.149. The van der Waals surface area contributed by atoms with Gasteiger partial charge in [0, 0.05) is 6.42 Å². The number of hydrogen-bond donors (Lipinski definition) is 4. The summed E-state index contributed by atoms with van der Waals surface area (Å²) >= 11 is 0. The van der Waals surface area contributed by atoms with Crippen LogP contribution in [0.15, 0.2) is 0 Å². The molecule has 35 heavy (non-hydrogen) atoms. The molecule has 0 aromatic carbocycles. The number of amides is 1. The number of carbonyl (C=O) groups excluding carboxylic acids is 1. The fourth-order valence-electron chi connectivity index (χ4n) is 4.75. The highest BCUT2D eigenvalue weighted by Gasteiger charge is 2.26. The maximum atomic E-state index is 12.2. The molecule has 1 amide bonds. The van der Waals surface area contributed by atoms with E-state index in [2.05, 4.69) is 19.2 Å². The summed E-state index contributed by atoms with van der Waals surface area (Å²) in [6.07, 6.45) is 24.7. The van der Waals surface area contributed by atoms with Crippen molar-refractivity contribution in [1.29, 1.82) is 0 Å². The Hall–Kier alpha value is -0.650. The lowest BCUT2D eigenvalue weighted by Crippen LogP contribution is -2.50. The summed E-state index contributed by atoms with van der Waals surface area (Å²) in [5, 5.41) is 33.1. The zero-order chi connectivity index (χ0) is 26.0. The third-order valence-corrected chi connectivity index (χ3v) is 7.21. The number of aliphatic hydroxyl groups is 3. The van der Waals surface area contributed by atoms with E-state index in [1.54, 1.807) is 0 Å². The molecule has 3 unspecified atom stereocenters. The molecule has 0 radical (unpaired) electrons. The van der Waals surface area contributed by atoms with Gasteiger partial charge < -0.3 is 20.6 Å². The van der Waals surface area contributed by atoms with Crippen molar-refractivity contribution in [2.24, 2.45) is 0 Å². The average Bonchev–Trinajstić information content (AvgIpc) is 2.86. The van der Waals surface area contributed by atoms with Crippen LogP contribution in [0.5, 0.6) is 0 Å². The van der Waals surface area contributed by atoms with Gasteiger partial charge in [-0.05, 0) is 12.8 Å². The summed E-state index contributed by atoms with van der Waals surface area (Å²) in [6.45, 7) is 4.12. The molecule has 0 aliphatic heterocycles. The Morgan fingerprint density at radius 2 is 0.971 bits per heavy atom. The van der Waals surface area contributed by atoms with Crippen LogP contribution in [0.3, 0.4) is 0 Å². The summed E-state index contributed by atoms with van der Waals surface area (Å²) in [4.78, 5) is 12.2. The third-order valence-electron chi connectivity index (χ3n) is 7.21. The maximum Gasteiger partial charge on any atom is 0.220 e. The van der Waals surface area contributed by atoms with E-state index in [1.807, 2.05) is 0 Å². The van der Waals surface area contributed by atoms with Crippen LogP contribution in [-0.4, -0.2) is 46.1 Å². The van der Waals surface area contributed by atoms with Gasteiger partial charge in [-0.1, -0.05) is 142 Å². The van der Waals surface area contributed by atoms with Crippen LogP contribution < -0.4 is 5.32 Å². The van der Waals surface area contributed by atoms with Crippen molar-refractivity contribution in [3.63, 3.8) is 0 Å². The summed E-state index contributed by atoms with van der Waals surface area (Å²) in [7, 11) is 0. The van der Waals surface area contributed by atoms with Gasteiger partial charge in [-0.15, -0.1) is 0 Å². The predicted octanol–water partition coefficient (Wildman–Crippen LogP) is 7.20. The lowest BCUT2D eigenvalue weighted by atomic mass is 9.99. The van der Waals surface area contributed by atoms with E-state index in [-0.39, 0.29) is 12.5 Å². The van der Waals surface area contributed by atoms with Gasteiger partial charge in [0.25, 0.3) is 0 Å². The Kier molecular flexibility index (Phi) is 25.9. The molecule has 0 aromatic heterocycles. The monoisotopic (exact) mass is 499 g/mol. The molecule has 0 aliphatic rings. The second-order valence-corrected chi connectivity index (χ2v) is 10.7. The van der Waals surface area contributed by atoms with Crippen molar-refractivity contribution in [3.05, 3.63) is 0 Å². The maximum absolute atomic E-state index is 12.2. The predicted molar refractivity (Wildman–Crippen MR) is 149 cm³/mol. The van der Waals surface area contributed by atoms with Gasteiger partial charge in [-0.3, -0.25) is 4.79 Å². The molecule has 0 heterocycles. The minimum atomic E-state index is -1.13. The average molecular weight is 500 g/mol. The first kappa shape index (κ1) is 34.4. The molecular weight excluding hydrogens is 438 g/mol. The summed E-state index contributed by atoms with van der Waals surface area (Å²) < 4.78 is 0. The number of aliphatic hydroxyl groups excluding tert-OH is 3. The van der Waals surface area contributed by atoms with Crippen molar-refractivity contribution in [2.75, 3.05) is 6.61 Å². The van der Waals surface area contributed by atoms with E-state index < -0.39 is 18.2 Å². The Labute approximate surface area is 217 Å². The van der Waals surface area contributed by atoms with Crippen molar-refractivity contribution >= 4 is 5.91 Å². The van der Waals surface area contributed by atoms with E-state index in [0.717, 1.165) is 38.5 Å². The summed E-state index contributed by atoms with van der Waals surface area (Å²) in [6, 6.07) is -0.798. The van der Waals surface area contributed by atoms with E-state index in [4.69, 9.17) is 0 Å². The van der Waals surface area contributed by atoms with Gasteiger partial charge in [0.15, 0.2) is 0 Å². The molecule has 0 rings (SSSR count). The van der Waals surface area contributed by atoms with Crippen LogP contribution >= 0.6 is 0 Å². The standard InChI is InChI=1S/C30H61NO4/c1-3-5-7-9-11-13-15-16-18-20-22-24-28(33)30(35)27(26-32)31-29(34)25-23-21-19-17-14-12-10-8-6-4-2/h27-28,30,32-33,35H,3-26H2,1-2H3,(H,31,34). The Bertz CT molecular complexity index is 446. The van der Waals surface area contributed by atoms with Crippen LogP contribution in [0.25, 0.3) is 0 Å². The normalized spacial score (nSPS) is 14.1. The van der Waals surface area contributed by atoms with E-state index >= 15 is 0 Å². The number of carbonyl (C=O) groups is 1. The lowest BCUT2D eigenvalue weighted by molar-refractivity contribution is -0.124. The van der Waals surface area contributed by atoms with Gasteiger partial charge >= 0.3 is 0 Å². The van der Waals surface area contributed by atoms with Gasteiger partial charge in [0.2, 0.25) is 5.91 Å². The lowest BCUT2D eigenvalue weighted by Gasteiger charge is -2.26. The van der Waals surface area contributed by atoms with Gasteiger partial charge in [-0.2, -0.15) is 0 Å². The SMILES string of the molecule is CCCCCCCCCCCCCC(O)C(O)C(CO)NC(=O)CCCCCCCCCCCC. The second-order valence-electron chi connectivity index (χ2n) is 10.7. The molecule has 5 heteroatoms. The van der Waals surface area contributed by atoms with Crippen LogP contribution in [0.2, 0.25) is 0 Å². The van der Waals surface area contributed by atoms with Crippen LogP contribution in [0.1, 0.15) is 162 Å². The second kappa shape index (κ2) is 26.4. The molecule has 0 bridgehead atoms. The van der Waals surface area contributed by atoms with Crippen LogP contribution in [0, 0.1) is 0 Å². The summed E-state index contributed by atoms with van der Waals surface area (Å²) in [5.41, 5.74) is 0. The number of rotatable bonds is 27. The highest BCUT2D eigenvalue weighted by atomic mass is 16.3. The topological polar surface area (TPSA) is 89.8 Å². The zero-order valence-corrected chi connectivity index (χ0v) is 23.5. The Morgan fingerprint density at radius 1 is 0.600 bits per heavy atom.